The molecule has 1 aliphatic rings. The minimum Gasteiger partial charge on any atom is -0.445 e. The Morgan fingerprint density at radius 1 is 0.868 bits per heavy atom. The fourth-order valence-electron chi connectivity index (χ4n) is 4.91. The molecule has 0 saturated carbocycles. The van der Waals surface area contributed by atoms with Crippen LogP contribution in [0.15, 0.2) is 84.9 Å². The maximum absolute atomic E-state index is 13.0. The summed E-state index contributed by atoms with van der Waals surface area (Å²) in [4.78, 5) is 27.3. The van der Waals surface area contributed by atoms with E-state index in [4.69, 9.17) is 4.74 Å². The lowest BCUT2D eigenvalue weighted by Gasteiger charge is -2.41. The predicted octanol–water partition coefficient (Wildman–Crippen LogP) is 6.12. The van der Waals surface area contributed by atoms with Crippen molar-refractivity contribution >= 4 is 12.0 Å². The van der Waals surface area contributed by atoms with Crippen molar-refractivity contribution in [2.24, 2.45) is 0 Å². The Hall–Kier alpha value is -3.81. The van der Waals surface area contributed by atoms with Gasteiger partial charge in [0.2, 0.25) is 5.91 Å². The van der Waals surface area contributed by atoms with Crippen molar-refractivity contribution in [1.82, 2.24) is 10.2 Å². The summed E-state index contributed by atoms with van der Waals surface area (Å²) in [5.41, 5.74) is 1.32. The molecule has 1 fully saturated rings. The highest BCUT2D eigenvalue weighted by atomic mass is 19.4. The van der Waals surface area contributed by atoms with E-state index in [0.717, 1.165) is 23.3 Å². The van der Waals surface area contributed by atoms with Gasteiger partial charge in [0.05, 0.1) is 5.56 Å². The van der Waals surface area contributed by atoms with E-state index in [-0.39, 0.29) is 31.6 Å². The lowest BCUT2D eigenvalue weighted by molar-refractivity contribution is -0.137. The summed E-state index contributed by atoms with van der Waals surface area (Å²) in [6, 6.07) is 24.4. The first kappa shape index (κ1) is 27.2. The smallest absolute Gasteiger partial charge is 0.416 e. The van der Waals surface area contributed by atoms with Gasteiger partial charge in [-0.1, -0.05) is 78.9 Å². The Labute approximate surface area is 220 Å². The maximum Gasteiger partial charge on any atom is 0.416 e. The fraction of sp³-hybridized carbons (Fsp3) is 0.333. The average molecular weight is 525 g/mol. The number of halogens is 3. The van der Waals surface area contributed by atoms with Gasteiger partial charge < -0.3 is 15.0 Å². The Balaban J connectivity index is 1.34. The number of carbonyl (C=O) groups excluding carboxylic acids is 2. The van der Waals surface area contributed by atoms with Crippen LogP contribution < -0.4 is 5.32 Å². The highest BCUT2D eigenvalue weighted by Gasteiger charge is 2.39. The first-order valence-corrected chi connectivity index (χ1v) is 12.7. The van der Waals surface area contributed by atoms with Crippen LogP contribution in [0.25, 0.3) is 0 Å². The zero-order chi connectivity index (χ0) is 27.0. The molecule has 1 N–H and O–H groups in total. The second-order valence-electron chi connectivity index (χ2n) is 9.65. The standard InChI is InChI=1S/C30H31F3N2O3/c31-30(32,33)26-13-7-10-23(20-26)14-17-34-27(36)21-29(25-11-5-2-6-12-25)15-18-35(19-16-29)28(37)38-22-24-8-3-1-4-9-24/h1-13,20H,14-19,21-22H2,(H,34,36). The maximum atomic E-state index is 13.0. The average Bonchev–Trinajstić information content (AvgIpc) is 2.93. The van der Waals surface area contributed by atoms with Crippen LogP contribution in [0.2, 0.25) is 0 Å². The molecule has 2 amide bonds. The van der Waals surface area contributed by atoms with Crippen LogP contribution in [0.3, 0.4) is 0 Å². The number of rotatable bonds is 8. The van der Waals surface area contributed by atoms with Gasteiger partial charge in [-0.2, -0.15) is 13.2 Å². The number of ether oxygens (including phenoxy) is 1. The third-order valence-electron chi connectivity index (χ3n) is 7.06. The summed E-state index contributed by atoms with van der Waals surface area (Å²) >= 11 is 0. The number of hydrogen-bond donors (Lipinski definition) is 1. The second kappa shape index (κ2) is 12.2. The zero-order valence-corrected chi connectivity index (χ0v) is 21.0. The lowest BCUT2D eigenvalue weighted by atomic mass is 9.70. The van der Waals surface area contributed by atoms with E-state index in [0.29, 0.717) is 37.9 Å². The number of amides is 2. The van der Waals surface area contributed by atoms with E-state index >= 15 is 0 Å². The van der Waals surface area contributed by atoms with Crippen LogP contribution in [-0.2, 0) is 34.2 Å². The van der Waals surface area contributed by atoms with Crippen molar-refractivity contribution in [2.45, 2.75) is 43.9 Å². The second-order valence-corrected chi connectivity index (χ2v) is 9.65. The predicted molar refractivity (Wildman–Crippen MR) is 138 cm³/mol. The largest absolute Gasteiger partial charge is 0.445 e. The number of alkyl halides is 3. The highest BCUT2D eigenvalue weighted by molar-refractivity contribution is 5.78. The highest BCUT2D eigenvalue weighted by Crippen LogP contribution is 2.39. The number of nitrogens with one attached hydrogen (secondary N) is 1. The van der Waals surface area contributed by atoms with Gasteiger partial charge in [0, 0.05) is 31.5 Å². The molecule has 0 atom stereocenters. The number of carbonyl (C=O) groups is 2. The summed E-state index contributed by atoms with van der Waals surface area (Å²) in [6.45, 7) is 1.36. The number of benzene rings is 3. The molecule has 0 aromatic heterocycles. The van der Waals surface area contributed by atoms with Crippen LogP contribution in [-0.4, -0.2) is 36.5 Å². The molecule has 3 aromatic rings. The van der Waals surface area contributed by atoms with Crippen LogP contribution in [0.4, 0.5) is 18.0 Å². The molecular formula is C30H31F3N2O3. The molecule has 0 unspecified atom stereocenters. The molecule has 0 aliphatic carbocycles. The van der Waals surface area contributed by atoms with Crippen LogP contribution in [0, 0.1) is 0 Å². The summed E-state index contributed by atoms with van der Waals surface area (Å²) in [6.07, 6.45) is -3.05. The van der Waals surface area contributed by atoms with Crippen LogP contribution in [0.5, 0.6) is 0 Å². The summed E-state index contributed by atoms with van der Waals surface area (Å²) in [5.74, 6) is -0.166. The van der Waals surface area contributed by atoms with Gasteiger partial charge in [-0.25, -0.2) is 4.79 Å². The first-order chi connectivity index (χ1) is 18.2. The van der Waals surface area contributed by atoms with Gasteiger partial charge in [-0.05, 0) is 42.0 Å². The Morgan fingerprint density at radius 2 is 1.50 bits per heavy atom. The van der Waals surface area contributed by atoms with E-state index in [2.05, 4.69) is 5.32 Å². The summed E-state index contributed by atoms with van der Waals surface area (Å²) < 4.78 is 44.4. The normalized spacial score (nSPS) is 15.1. The molecule has 1 saturated heterocycles. The van der Waals surface area contributed by atoms with Crippen molar-refractivity contribution in [1.29, 1.82) is 0 Å². The number of likely N-dealkylation sites (tertiary alicyclic amines) is 1. The summed E-state index contributed by atoms with van der Waals surface area (Å²) in [5, 5.41) is 2.88. The van der Waals surface area contributed by atoms with E-state index in [1.165, 1.54) is 6.07 Å². The number of hydrogen-bond acceptors (Lipinski definition) is 3. The van der Waals surface area contributed by atoms with Gasteiger partial charge in [0.1, 0.15) is 6.61 Å². The zero-order valence-electron chi connectivity index (χ0n) is 21.0. The molecule has 0 spiro atoms. The molecule has 1 heterocycles. The minimum absolute atomic E-state index is 0.166. The Bertz CT molecular complexity index is 1210. The van der Waals surface area contributed by atoms with Crippen LogP contribution in [0.1, 0.15) is 41.5 Å². The van der Waals surface area contributed by atoms with Gasteiger partial charge in [0.15, 0.2) is 0 Å². The van der Waals surface area contributed by atoms with Crippen molar-refractivity contribution in [3.8, 4) is 0 Å². The Kier molecular flexibility index (Phi) is 8.71. The minimum atomic E-state index is -4.40. The van der Waals surface area contributed by atoms with Gasteiger partial charge in [-0.3, -0.25) is 4.79 Å². The molecular weight excluding hydrogens is 493 g/mol. The van der Waals surface area contributed by atoms with Crippen molar-refractivity contribution < 1.29 is 27.5 Å². The SMILES string of the molecule is O=C(CC1(c2ccccc2)CCN(C(=O)OCc2ccccc2)CC1)NCCc1cccc(C(F)(F)F)c1. The van der Waals surface area contributed by atoms with Gasteiger partial charge >= 0.3 is 12.3 Å². The molecule has 0 radical (unpaired) electrons. The number of piperidine rings is 1. The quantitative estimate of drug-likeness (QED) is 0.386. The summed E-state index contributed by atoms with van der Waals surface area (Å²) in [7, 11) is 0. The van der Waals surface area contributed by atoms with E-state index in [1.807, 2.05) is 60.7 Å². The van der Waals surface area contributed by atoms with Crippen molar-refractivity contribution in [3.05, 3.63) is 107 Å². The molecule has 8 heteroatoms. The molecule has 3 aromatic carbocycles. The van der Waals surface area contributed by atoms with E-state index in [1.54, 1.807) is 11.0 Å². The monoisotopic (exact) mass is 524 g/mol. The number of nitrogens with zero attached hydrogens (tertiary/aromatic N) is 1. The molecule has 200 valence electrons. The molecule has 1 aliphatic heterocycles. The third-order valence-corrected chi connectivity index (χ3v) is 7.06. The van der Waals surface area contributed by atoms with E-state index in [9.17, 15) is 22.8 Å². The Morgan fingerprint density at radius 3 is 2.16 bits per heavy atom. The van der Waals surface area contributed by atoms with E-state index < -0.39 is 17.2 Å². The van der Waals surface area contributed by atoms with Gasteiger partial charge in [0.25, 0.3) is 0 Å². The molecule has 0 bridgehead atoms. The van der Waals surface area contributed by atoms with Crippen molar-refractivity contribution in [3.63, 3.8) is 0 Å². The third kappa shape index (κ3) is 7.15. The fourth-order valence-corrected chi connectivity index (χ4v) is 4.91. The van der Waals surface area contributed by atoms with Crippen molar-refractivity contribution in [2.75, 3.05) is 19.6 Å². The molecule has 4 rings (SSSR count). The van der Waals surface area contributed by atoms with Gasteiger partial charge in [-0.15, -0.1) is 0 Å². The lowest BCUT2D eigenvalue weighted by Crippen LogP contribution is -2.47. The molecule has 38 heavy (non-hydrogen) atoms. The first-order valence-electron chi connectivity index (χ1n) is 12.7. The van der Waals surface area contributed by atoms with Crippen LogP contribution >= 0.6 is 0 Å². The topological polar surface area (TPSA) is 58.6 Å². The molecule has 5 nitrogen and oxygen atoms in total.